The number of aromatic nitrogens is 2. The summed E-state index contributed by atoms with van der Waals surface area (Å²) in [7, 11) is 1.62. The van der Waals surface area contributed by atoms with Crippen molar-refractivity contribution in [2.75, 3.05) is 7.11 Å². The van der Waals surface area contributed by atoms with E-state index in [1.54, 1.807) is 26.2 Å². The summed E-state index contributed by atoms with van der Waals surface area (Å²) in [6, 6.07) is 23.3. The Kier molecular flexibility index (Phi) is 5.93. The number of nitrogens with one attached hydrogen (secondary N) is 1. The molecule has 0 saturated heterocycles. The van der Waals surface area contributed by atoms with Crippen molar-refractivity contribution in [2.45, 2.75) is 13.0 Å². The van der Waals surface area contributed by atoms with E-state index in [0.29, 0.717) is 28.8 Å². The monoisotopic (exact) mass is 415 g/mol. The van der Waals surface area contributed by atoms with Gasteiger partial charge in [0.15, 0.2) is 0 Å². The first-order chi connectivity index (χ1) is 15.1. The molecule has 31 heavy (non-hydrogen) atoms. The van der Waals surface area contributed by atoms with Gasteiger partial charge >= 0.3 is 0 Å². The summed E-state index contributed by atoms with van der Waals surface area (Å²) in [4.78, 5) is 16.7. The summed E-state index contributed by atoms with van der Waals surface area (Å²) in [6.45, 7) is 1.80. The molecule has 0 saturated carbocycles. The number of ether oxygens (including phenoxy) is 2. The van der Waals surface area contributed by atoms with Crippen molar-refractivity contribution >= 4 is 5.91 Å². The molecular formula is C24H21N3O4. The van der Waals surface area contributed by atoms with Crippen LogP contribution >= 0.6 is 0 Å². The molecule has 0 bridgehead atoms. The summed E-state index contributed by atoms with van der Waals surface area (Å²) in [5.74, 6) is 2.72. The zero-order valence-electron chi connectivity index (χ0n) is 17.1. The summed E-state index contributed by atoms with van der Waals surface area (Å²) in [5, 5.41) is 6.89. The number of rotatable bonds is 7. The van der Waals surface area contributed by atoms with Gasteiger partial charge in [-0.2, -0.15) is 4.98 Å². The van der Waals surface area contributed by atoms with Gasteiger partial charge in [0.05, 0.1) is 7.11 Å². The Hall–Kier alpha value is -4.13. The highest BCUT2D eigenvalue weighted by molar-refractivity contribution is 5.94. The molecular weight excluding hydrogens is 394 g/mol. The lowest BCUT2D eigenvalue weighted by atomic mass is 10.2. The maximum atomic E-state index is 12.3. The summed E-state index contributed by atoms with van der Waals surface area (Å²) >= 11 is 0. The maximum Gasteiger partial charge on any atom is 0.251 e. The van der Waals surface area contributed by atoms with Gasteiger partial charge in [-0.3, -0.25) is 4.79 Å². The van der Waals surface area contributed by atoms with Crippen molar-refractivity contribution in [1.82, 2.24) is 15.5 Å². The molecule has 1 atom stereocenters. The topological polar surface area (TPSA) is 86.5 Å². The number of methoxy groups -OCH3 is 1. The molecule has 4 rings (SSSR count). The third-order valence-corrected chi connectivity index (χ3v) is 4.60. The average Bonchev–Trinajstić information content (AvgIpc) is 3.31. The van der Waals surface area contributed by atoms with Crippen molar-refractivity contribution in [3.8, 4) is 28.6 Å². The number of benzene rings is 3. The molecule has 0 fully saturated rings. The van der Waals surface area contributed by atoms with Crippen LogP contribution in [0.5, 0.6) is 17.2 Å². The molecule has 156 valence electrons. The van der Waals surface area contributed by atoms with Gasteiger partial charge in [0, 0.05) is 11.1 Å². The fraction of sp³-hybridized carbons (Fsp3) is 0.125. The summed E-state index contributed by atoms with van der Waals surface area (Å²) < 4.78 is 16.3. The summed E-state index contributed by atoms with van der Waals surface area (Å²) in [5.41, 5.74) is 1.35. The van der Waals surface area contributed by atoms with Gasteiger partial charge in [0.1, 0.15) is 23.3 Å². The predicted octanol–water partition coefficient (Wildman–Crippen LogP) is 5.03. The molecule has 7 nitrogen and oxygen atoms in total. The molecule has 4 aromatic rings. The normalized spacial score (nSPS) is 11.5. The van der Waals surface area contributed by atoms with Crippen LogP contribution in [0.3, 0.4) is 0 Å². The number of hydrogen-bond donors (Lipinski definition) is 1. The number of amides is 1. The Bertz CT molecular complexity index is 1140. The number of nitrogens with zero attached hydrogens (tertiary/aromatic N) is 2. The maximum absolute atomic E-state index is 12.3. The third kappa shape index (κ3) is 4.90. The van der Waals surface area contributed by atoms with E-state index in [4.69, 9.17) is 14.0 Å². The molecule has 7 heteroatoms. The first-order valence-electron chi connectivity index (χ1n) is 9.74. The Morgan fingerprint density at radius 1 is 0.903 bits per heavy atom. The van der Waals surface area contributed by atoms with E-state index >= 15 is 0 Å². The van der Waals surface area contributed by atoms with E-state index < -0.39 is 6.04 Å². The third-order valence-electron chi connectivity index (χ3n) is 4.60. The van der Waals surface area contributed by atoms with Gasteiger partial charge < -0.3 is 19.3 Å². The highest BCUT2D eigenvalue weighted by atomic mass is 16.5. The van der Waals surface area contributed by atoms with E-state index in [-0.39, 0.29) is 5.91 Å². The lowest BCUT2D eigenvalue weighted by Gasteiger charge is -2.09. The van der Waals surface area contributed by atoms with Crippen molar-refractivity contribution in [1.29, 1.82) is 0 Å². The second-order valence-corrected chi connectivity index (χ2v) is 6.82. The first-order valence-corrected chi connectivity index (χ1v) is 9.74. The predicted molar refractivity (Wildman–Crippen MR) is 115 cm³/mol. The van der Waals surface area contributed by atoms with Crippen LogP contribution in [0, 0.1) is 0 Å². The van der Waals surface area contributed by atoms with Crippen molar-refractivity contribution in [3.63, 3.8) is 0 Å². The van der Waals surface area contributed by atoms with Crippen LogP contribution in [-0.4, -0.2) is 23.2 Å². The van der Waals surface area contributed by atoms with Gasteiger partial charge in [-0.05, 0) is 67.6 Å². The number of carbonyl (C=O) groups is 1. The fourth-order valence-corrected chi connectivity index (χ4v) is 2.91. The van der Waals surface area contributed by atoms with Crippen LogP contribution in [0.25, 0.3) is 11.4 Å². The van der Waals surface area contributed by atoms with Crippen LogP contribution in [0.4, 0.5) is 0 Å². The molecule has 1 aromatic heterocycles. The van der Waals surface area contributed by atoms with Crippen LogP contribution in [-0.2, 0) is 0 Å². The lowest BCUT2D eigenvalue weighted by molar-refractivity contribution is 0.0932. The quantitative estimate of drug-likeness (QED) is 0.456. The molecule has 1 N–H and O–H groups in total. The second kappa shape index (κ2) is 9.13. The molecule has 1 unspecified atom stereocenters. The largest absolute Gasteiger partial charge is 0.497 e. The lowest BCUT2D eigenvalue weighted by Crippen LogP contribution is -2.26. The molecule has 0 radical (unpaired) electrons. The van der Waals surface area contributed by atoms with Crippen LogP contribution in [0.1, 0.15) is 29.2 Å². The summed E-state index contributed by atoms with van der Waals surface area (Å²) in [6.07, 6.45) is 0. The zero-order valence-corrected chi connectivity index (χ0v) is 17.1. The highest BCUT2D eigenvalue weighted by Gasteiger charge is 2.18. The standard InChI is InChI=1S/C24H21N3O4/c1-16(25-23(28)18-6-4-3-5-7-18)24-26-22(27-31-24)17-8-10-20(11-9-17)30-21-14-12-19(29-2)13-15-21/h3-16H,1-2H3,(H,25,28). The van der Waals surface area contributed by atoms with Gasteiger partial charge in [0.25, 0.3) is 5.91 Å². The van der Waals surface area contributed by atoms with Crippen LogP contribution < -0.4 is 14.8 Å². The van der Waals surface area contributed by atoms with Crippen molar-refractivity contribution in [2.24, 2.45) is 0 Å². The highest BCUT2D eigenvalue weighted by Crippen LogP contribution is 2.26. The minimum Gasteiger partial charge on any atom is -0.497 e. The molecule has 0 aliphatic rings. The molecule has 0 aliphatic heterocycles. The molecule has 0 aliphatic carbocycles. The van der Waals surface area contributed by atoms with Gasteiger partial charge in [-0.15, -0.1) is 0 Å². The zero-order chi connectivity index (χ0) is 21.6. The van der Waals surface area contributed by atoms with E-state index in [2.05, 4.69) is 15.5 Å². The van der Waals surface area contributed by atoms with Crippen LogP contribution in [0.2, 0.25) is 0 Å². The van der Waals surface area contributed by atoms with E-state index in [0.717, 1.165) is 11.3 Å². The van der Waals surface area contributed by atoms with Gasteiger partial charge in [0.2, 0.25) is 11.7 Å². The fourth-order valence-electron chi connectivity index (χ4n) is 2.91. The second-order valence-electron chi connectivity index (χ2n) is 6.82. The molecule has 1 amide bonds. The van der Waals surface area contributed by atoms with E-state index in [1.807, 2.05) is 66.7 Å². The van der Waals surface area contributed by atoms with Crippen molar-refractivity contribution in [3.05, 3.63) is 90.3 Å². The molecule has 1 heterocycles. The Morgan fingerprint density at radius 3 is 2.16 bits per heavy atom. The molecule has 0 spiro atoms. The Balaban J connectivity index is 1.40. The van der Waals surface area contributed by atoms with Gasteiger partial charge in [-0.25, -0.2) is 0 Å². The first kappa shape index (κ1) is 20.2. The number of carbonyl (C=O) groups excluding carboxylic acids is 1. The SMILES string of the molecule is COc1ccc(Oc2ccc(-c3noc(C(C)NC(=O)c4ccccc4)n3)cc2)cc1. The smallest absolute Gasteiger partial charge is 0.251 e. The van der Waals surface area contributed by atoms with Crippen LogP contribution in [0.15, 0.2) is 83.4 Å². The number of hydrogen-bond acceptors (Lipinski definition) is 6. The van der Waals surface area contributed by atoms with Gasteiger partial charge in [-0.1, -0.05) is 23.4 Å². The average molecular weight is 415 g/mol. The minimum atomic E-state index is -0.424. The van der Waals surface area contributed by atoms with Crippen molar-refractivity contribution < 1.29 is 18.8 Å². The van der Waals surface area contributed by atoms with E-state index in [1.165, 1.54) is 0 Å². The van der Waals surface area contributed by atoms with E-state index in [9.17, 15) is 4.79 Å². The molecule has 3 aromatic carbocycles. The minimum absolute atomic E-state index is 0.201. The Morgan fingerprint density at radius 2 is 1.52 bits per heavy atom. The Labute approximate surface area is 179 Å².